The monoisotopic (exact) mass is 710 g/mol. The first-order chi connectivity index (χ1) is 15.4. The molecule has 0 aliphatic heterocycles. The lowest BCUT2D eigenvalue weighted by atomic mass is 10.1. The van der Waals surface area contributed by atoms with E-state index in [1.165, 1.54) is 36.2 Å². The Labute approximate surface area is 221 Å². The summed E-state index contributed by atoms with van der Waals surface area (Å²) >= 11 is 13.0. The van der Waals surface area contributed by atoms with Crippen LogP contribution in [0.5, 0.6) is 0 Å². The molecule has 3 aromatic rings. The number of hydrogen-bond donors (Lipinski definition) is 0. The number of carbonyl (C=O) groups excluding carboxylic acids is 2. The van der Waals surface area contributed by atoms with Crippen molar-refractivity contribution in [3.05, 3.63) is 89.7 Å². The van der Waals surface area contributed by atoms with Gasteiger partial charge in [-0.15, -0.1) is 13.2 Å². The molecule has 3 aromatic carbocycles. The zero-order valence-corrected chi connectivity index (χ0v) is 23.0. The van der Waals surface area contributed by atoms with Crippen molar-refractivity contribution < 1.29 is 22.8 Å². The maximum absolute atomic E-state index is 13.8. The standard InChI is InChI=1S/C22H13Br4F3N2O2/c1-30(20(32)12-6-14(23)10-15(24)7-12)18-2-4-19(5-3-18)31(22(27,28)29)21(33)13-8-16(25)11-17(26)9-13/h2-11H,1H3. The second-order valence-electron chi connectivity index (χ2n) is 6.81. The first kappa shape index (κ1) is 25.9. The third-order valence-electron chi connectivity index (χ3n) is 4.48. The maximum atomic E-state index is 13.8. The highest BCUT2D eigenvalue weighted by atomic mass is 79.9. The molecule has 33 heavy (non-hydrogen) atoms. The van der Waals surface area contributed by atoms with Crippen LogP contribution in [-0.2, 0) is 0 Å². The Morgan fingerprint density at radius 2 is 1.03 bits per heavy atom. The van der Waals surface area contributed by atoms with Gasteiger partial charge in [-0.3, -0.25) is 9.59 Å². The first-order valence-corrected chi connectivity index (χ1v) is 12.3. The van der Waals surface area contributed by atoms with Crippen LogP contribution in [0.25, 0.3) is 0 Å². The van der Waals surface area contributed by atoms with E-state index in [1.54, 1.807) is 24.3 Å². The Balaban J connectivity index is 1.92. The van der Waals surface area contributed by atoms with Crippen molar-refractivity contribution in [3.63, 3.8) is 0 Å². The van der Waals surface area contributed by atoms with Gasteiger partial charge in [0.2, 0.25) is 0 Å². The van der Waals surface area contributed by atoms with Crippen molar-refractivity contribution in [2.45, 2.75) is 6.30 Å². The van der Waals surface area contributed by atoms with Crippen LogP contribution in [0.3, 0.4) is 0 Å². The number of alkyl halides is 3. The minimum Gasteiger partial charge on any atom is -0.311 e. The molecular weight excluding hydrogens is 701 g/mol. The van der Waals surface area contributed by atoms with Crippen molar-refractivity contribution in [3.8, 4) is 0 Å². The summed E-state index contributed by atoms with van der Waals surface area (Å²) in [6, 6.07) is 14.3. The van der Waals surface area contributed by atoms with Gasteiger partial charge in [-0.05, 0) is 60.7 Å². The summed E-state index contributed by atoms with van der Waals surface area (Å²) in [4.78, 5) is 26.6. The SMILES string of the molecule is CN(C(=O)c1cc(Br)cc(Br)c1)c1ccc(N(C(=O)c2cc(Br)cc(Br)c2)C(F)(F)F)cc1. The van der Waals surface area contributed by atoms with Gasteiger partial charge in [0.15, 0.2) is 0 Å². The molecule has 0 aliphatic rings. The normalized spacial score (nSPS) is 11.3. The highest BCUT2D eigenvalue weighted by molar-refractivity contribution is 9.11. The molecule has 0 spiro atoms. The van der Waals surface area contributed by atoms with Gasteiger partial charge in [-0.25, -0.2) is 4.90 Å². The molecule has 0 saturated heterocycles. The second kappa shape index (κ2) is 10.3. The molecule has 172 valence electrons. The quantitative estimate of drug-likeness (QED) is 0.256. The van der Waals surface area contributed by atoms with Crippen molar-refractivity contribution in [2.24, 2.45) is 0 Å². The summed E-state index contributed by atoms with van der Waals surface area (Å²) in [5.41, 5.74) is 0.221. The molecule has 0 bridgehead atoms. The zero-order valence-electron chi connectivity index (χ0n) is 16.6. The number of anilines is 2. The molecule has 0 saturated carbocycles. The topological polar surface area (TPSA) is 40.6 Å². The van der Waals surface area contributed by atoms with E-state index in [0.29, 0.717) is 29.1 Å². The van der Waals surface area contributed by atoms with Crippen LogP contribution < -0.4 is 9.80 Å². The fourth-order valence-electron chi connectivity index (χ4n) is 3.00. The molecule has 0 aromatic heterocycles. The van der Waals surface area contributed by atoms with E-state index in [0.717, 1.165) is 12.1 Å². The van der Waals surface area contributed by atoms with Gasteiger partial charge >= 0.3 is 6.30 Å². The Morgan fingerprint density at radius 3 is 1.42 bits per heavy atom. The van der Waals surface area contributed by atoms with Gasteiger partial charge in [0.1, 0.15) is 0 Å². The summed E-state index contributed by atoms with van der Waals surface area (Å²) in [5.74, 6) is -1.59. The fraction of sp³-hybridized carbons (Fsp3) is 0.0909. The van der Waals surface area contributed by atoms with Crippen LogP contribution in [0.1, 0.15) is 20.7 Å². The van der Waals surface area contributed by atoms with E-state index in [-0.39, 0.29) is 22.1 Å². The molecule has 4 nitrogen and oxygen atoms in total. The Bertz CT molecular complexity index is 1180. The van der Waals surface area contributed by atoms with Crippen molar-refractivity contribution in [1.82, 2.24) is 0 Å². The number of hydrogen-bond acceptors (Lipinski definition) is 2. The van der Waals surface area contributed by atoms with Crippen molar-refractivity contribution >= 4 is 86.9 Å². The lowest BCUT2D eigenvalue weighted by Crippen LogP contribution is -2.43. The van der Waals surface area contributed by atoms with Crippen molar-refractivity contribution in [1.29, 1.82) is 0 Å². The number of carbonyl (C=O) groups is 2. The lowest BCUT2D eigenvalue weighted by Gasteiger charge is -2.26. The van der Waals surface area contributed by atoms with Crippen LogP contribution >= 0.6 is 63.7 Å². The van der Waals surface area contributed by atoms with Crippen molar-refractivity contribution in [2.75, 3.05) is 16.8 Å². The number of amides is 2. The Hall–Kier alpha value is -1.69. The second-order valence-corrected chi connectivity index (χ2v) is 10.5. The molecule has 0 unspecified atom stereocenters. The average Bonchev–Trinajstić information content (AvgIpc) is 2.71. The van der Waals surface area contributed by atoms with E-state index in [4.69, 9.17) is 0 Å². The van der Waals surface area contributed by atoms with Gasteiger partial charge in [0, 0.05) is 41.8 Å². The number of halogens is 7. The van der Waals surface area contributed by atoms with Gasteiger partial charge in [-0.1, -0.05) is 63.7 Å². The van der Waals surface area contributed by atoms with Crippen LogP contribution in [0.4, 0.5) is 24.5 Å². The molecule has 2 amide bonds. The molecule has 0 aliphatic carbocycles. The van der Waals surface area contributed by atoms with E-state index in [9.17, 15) is 22.8 Å². The van der Waals surface area contributed by atoms with Gasteiger partial charge < -0.3 is 4.90 Å². The van der Waals surface area contributed by atoms with E-state index < -0.39 is 12.2 Å². The molecule has 0 atom stereocenters. The molecule has 11 heteroatoms. The van der Waals surface area contributed by atoms with Crippen LogP contribution in [0.2, 0.25) is 0 Å². The number of nitrogens with zero attached hydrogens (tertiary/aromatic N) is 2. The minimum absolute atomic E-state index is 0.148. The van der Waals surface area contributed by atoms with E-state index >= 15 is 0 Å². The Kier molecular flexibility index (Phi) is 8.08. The first-order valence-electron chi connectivity index (χ1n) is 9.08. The smallest absolute Gasteiger partial charge is 0.311 e. The summed E-state index contributed by atoms with van der Waals surface area (Å²) in [7, 11) is 1.51. The van der Waals surface area contributed by atoms with Crippen LogP contribution in [0, 0.1) is 0 Å². The van der Waals surface area contributed by atoms with Gasteiger partial charge in [0.05, 0.1) is 5.69 Å². The predicted molar refractivity (Wildman–Crippen MR) is 136 cm³/mol. The fourth-order valence-corrected chi connectivity index (χ4v) is 5.59. The number of benzene rings is 3. The van der Waals surface area contributed by atoms with Gasteiger partial charge in [-0.2, -0.15) is 0 Å². The molecule has 0 radical (unpaired) electrons. The summed E-state index contributed by atoms with van der Waals surface area (Å²) < 4.78 is 43.8. The highest BCUT2D eigenvalue weighted by Crippen LogP contribution is 2.33. The third-order valence-corrected chi connectivity index (χ3v) is 6.31. The lowest BCUT2D eigenvalue weighted by molar-refractivity contribution is -0.122. The zero-order chi connectivity index (χ0) is 24.5. The molecular formula is C22H13Br4F3N2O2. The van der Waals surface area contributed by atoms with E-state index in [1.807, 2.05) is 0 Å². The largest absolute Gasteiger partial charge is 0.491 e. The van der Waals surface area contributed by atoms with Gasteiger partial charge in [0.25, 0.3) is 11.8 Å². The summed E-state index contributed by atoms with van der Waals surface area (Å²) in [6.07, 6.45) is -4.96. The van der Waals surface area contributed by atoms with E-state index in [2.05, 4.69) is 63.7 Å². The third kappa shape index (κ3) is 6.26. The summed E-state index contributed by atoms with van der Waals surface area (Å²) in [6.45, 7) is 0. The molecule has 0 N–H and O–H groups in total. The minimum atomic E-state index is -4.96. The maximum Gasteiger partial charge on any atom is 0.491 e. The highest BCUT2D eigenvalue weighted by Gasteiger charge is 2.42. The Morgan fingerprint density at radius 1 is 0.667 bits per heavy atom. The predicted octanol–water partition coefficient (Wildman–Crippen LogP) is 8.18. The molecule has 0 heterocycles. The molecule has 0 fully saturated rings. The number of rotatable bonds is 4. The summed E-state index contributed by atoms with van der Waals surface area (Å²) in [5, 5.41) is 0. The van der Waals surface area contributed by atoms with Crippen LogP contribution in [0.15, 0.2) is 78.6 Å². The average molecular weight is 714 g/mol. The molecule has 3 rings (SSSR count). The van der Waals surface area contributed by atoms with Crippen LogP contribution in [-0.4, -0.2) is 25.2 Å².